The summed E-state index contributed by atoms with van der Waals surface area (Å²) >= 11 is 0. The van der Waals surface area contributed by atoms with Crippen LogP contribution in [0.15, 0.2) is 11.6 Å². The summed E-state index contributed by atoms with van der Waals surface area (Å²) < 4.78 is 0. The van der Waals surface area contributed by atoms with Crippen molar-refractivity contribution in [1.82, 2.24) is 0 Å². The average molecular weight is 196 g/mol. The summed E-state index contributed by atoms with van der Waals surface area (Å²) in [6.45, 7) is 6.05. The van der Waals surface area contributed by atoms with Crippen LogP contribution in [0.2, 0.25) is 0 Å². The van der Waals surface area contributed by atoms with Crippen LogP contribution in [0, 0.1) is 0 Å². The van der Waals surface area contributed by atoms with Crippen LogP contribution in [0.1, 0.15) is 65.7 Å². The fourth-order valence-electron chi connectivity index (χ4n) is 1.56. The first-order chi connectivity index (χ1) is 6.70. The minimum atomic E-state index is 0.201. The molecule has 0 aliphatic carbocycles. The molecule has 0 N–H and O–H groups in total. The largest absolute Gasteiger partial charge is 0.295 e. The zero-order valence-electron chi connectivity index (χ0n) is 9.94. The lowest BCUT2D eigenvalue weighted by Crippen LogP contribution is -1.91. The predicted octanol–water partition coefficient (Wildman–Crippen LogP) is 4.27. The van der Waals surface area contributed by atoms with Gasteiger partial charge in [-0.1, -0.05) is 38.7 Å². The first-order valence-electron chi connectivity index (χ1n) is 5.90. The van der Waals surface area contributed by atoms with Gasteiger partial charge in [0.1, 0.15) is 0 Å². The second-order valence-electron chi connectivity index (χ2n) is 3.97. The van der Waals surface area contributed by atoms with Gasteiger partial charge in [0.2, 0.25) is 0 Å². The number of carbonyl (C=O) groups is 1. The molecule has 0 rings (SSSR count). The molecular weight excluding hydrogens is 172 g/mol. The second-order valence-corrected chi connectivity index (χ2v) is 3.97. The standard InChI is InChI=1S/C13H24O/c1-4-6-8-10-13(9-7-5-2)11-12(3)14/h11H,4-10H2,1-3H3/b13-11+. The Hall–Kier alpha value is -0.590. The number of ketones is 1. The van der Waals surface area contributed by atoms with Gasteiger partial charge in [-0.05, 0) is 38.7 Å². The molecule has 0 radical (unpaired) electrons. The van der Waals surface area contributed by atoms with Crippen LogP contribution in [0.3, 0.4) is 0 Å². The van der Waals surface area contributed by atoms with Gasteiger partial charge in [-0.25, -0.2) is 0 Å². The van der Waals surface area contributed by atoms with Gasteiger partial charge in [0.15, 0.2) is 5.78 Å². The van der Waals surface area contributed by atoms with E-state index in [0.29, 0.717) is 0 Å². The maximum atomic E-state index is 11.0. The number of allylic oxidation sites excluding steroid dienone is 2. The molecule has 0 aliphatic rings. The molecule has 82 valence electrons. The Morgan fingerprint density at radius 2 is 1.57 bits per heavy atom. The molecule has 0 amide bonds. The van der Waals surface area contributed by atoms with Crippen LogP contribution in [-0.2, 0) is 4.79 Å². The predicted molar refractivity (Wildman–Crippen MR) is 62.4 cm³/mol. The van der Waals surface area contributed by atoms with Crippen LogP contribution < -0.4 is 0 Å². The van der Waals surface area contributed by atoms with Gasteiger partial charge >= 0.3 is 0 Å². The fourth-order valence-corrected chi connectivity index (χ4v) is 1.56. The van der Waals surface area contributed by atoms with Gasteiger partial charge < -0.3 is 0 Å². The molecule has 0 aromatic rings. The summed E-state index contributed by atoms with van der Waals surface area (Å²) in [6.07, 6.45) is 10.3. The zero-order chi connectivity index (χ0) is 10.8. The molecule has 0 aromatic heterocycles. The summed E-state index contributed by atoms with van der Waals surface area (Å²) in [7, 11) is 0. The lowest BCUT2D eigenvalue weighted by Gasteiger charge is -2.05. The van der Waals surface area contributed by atoms with Crippen LogP contribution in [-0.4, -0.2) is 5.78 Å². The lowest BCUT2D eigenvalue weighted by molar-refractivity contribution is -0.112. The minimum Gasteiger partial charge on any atom is -0.295 e. The van der Waals surface area contributed by atoms with E-state index in [4.69, 9.17) is 0 Å². The van der Waals surface area contributed by atoms with Crippen LogP contribution >= 0.6 is 0 Å². The quantitative estimate of drug-likeness (QED) is 0.418. The molecule has 0 atom stereocenters. The highest BCUT2D eigenvalue weighted by atomic mass is 16.1. The number of carbonyl (C=O) groups excluding carboxylic acids is 1. The molecular formula is C13H24O. The fraction of sp³-hybridized carbons (Fsp3) is 0.769. The van der Waals surface area contributed by atoms with Gasteiger partial charge in [0.25, 0.3) is 0 Å². The highest BCUT2D eigenvalue weighted by Gasteiger charge is 1.99. The van der Waals surface area contributed by atoms with Crippen molar-refractivity contribution >= 4 is 5.78 Å². The van der Waals surface area contributed by atoms with Gasteiger partial charge in [0.05, 0.1) is 0 Å². The third-order valence-corrected chi connectivity index (χ3v) is 2.36. The maximum absolute atomic E-state index is 11.0. The Morgan fingerprint density at radius 3 is 2.07 bits per heavy atom. The summed E-state index contributed by atoms with van der Waals surface area (Å²) in [4.78, 5) is 11.0. The zero-order valence-corrected chi connectivity index (χ0v) is 9.94. The summed E-state index contributed by atoms with van der Waals surface area (Å²) in [5.41, 5.74) is 1.35. The number of hydrogen-bond donors (Lipinski definition) is 0. The van der Waals surface area contributed by atoms with Crippen molar-refractivity contribution in [3.63, 3.8) is 0 Å². The molecule has 0 aromatic carbocycles. The van der Waals surface area contributed by atoms with E-state index >= 15 is 0 Å². The van der Waals surface area contributed by atoms with Gasteiger partial charge in [0, 0.05) is 0 Å². The van der Waals surface area contributed by atoms with Crippen molar-refractivity contribution < 1.29 is 4.79 Å². The van der Waals surface area contributed by atoms with Crippen LogP contribution in [0.4, 0.5) is 0 Å². The maximum Gasteiger partial charge on any atom is 0.152 e. The van der Waals surface area contributed by atoms with E-state index in [-0.39, 0.29) is 5.78 Å². The second kappa shape index (κ2) is 8.98. The van der Waals surface area contributed by atoms with Gasteiger partial charge in [-0.15, -0.1) is 0 Å². The third-order valence-electron chi connectivity index (χ3n) is 2.36. The first kappa shape index (κ1) is 13.4. The van der Waals surface area contributed by atoms with Crippen molar-refractivity contribution in [2.24, 2.45) is 0 Å². The summed E-state index contributed by atoms with van der Waals surface area (Å²) in [5, 5.41) is 0. The Labute approximate surface area is 88.6 Å². The molecule has 0 spiro atoms. The van der Waals surface area contributed by atoms with Crippen molar-refractivity contribution in [1.29, 1.82) is 0 Å². The van der Waals surface area contributed by atoms with Crippen molar-refractivity contribution in [2.75, 3.05) is 0 Å². The minimum absolute atomic E-state index is 0.201. The van der Waals surface area contributed by atoms with E-state index in [9.17, 15) is 4.79 Å². The molecule has 1 heteroatoms. The molecule has 0 aliphatic heterocycles. The smallest absolute Gasteiger partial charge is 0.152 e. The normalized spacial score (nSPS) is 11.8. The summed E-state index contributed by atoms with van der Waals surface area (Å²) in [5.74, 6) is 0.201. The molecule has 14 heavy (non-hydrogen) atoms. The highest BCUT2D eigenvalue weighted by Crippen LogP contribution is 2.15. The monoisotopic (exact) mass is 196 g/mol. The molecule has 0 heterocycles. The lowest BCUT2D eigenvalue weighted by atomic mass is 10.0. The third kappa shape index (κ3) is 8.03. The van der Waals surface area contributed by atoms with E-state index in [1.807, 2.05) is 6.08 Å². The van der Waals surface area contributed by atoms with E-state index in [1.54, 1.807) is 6.92 Å². The van der Waals surface area contributed by atoms with Crippen molar-refractivity contribution in [3.05, 3.63) is 11.6 Å². The van der Waals surface area contributed by atoms with Crippen molar-refractivity contribution in [2.45, 2.75) is 65.7 Å². The first-order valence-corrected chi connectivity index (χ1v) is 5.90. The van der Waals surface area contributed by atoms with E-state index in [0.717, 1.165) is 12.8 Å². The Morgan fingerprint density at radius 1 is 1.00 bits per heavy atom. The van der Waals surface area contributed by atoms with Gasteiger partial charge in [-0.2, -0.15) is 0 Å². The van der Waals surface area contributed by atoms with Crippen LogP contribution in [0.25, 0.3) is 0 Å². The van der Waals surface area contributed by atoms with E-state index < -0.39 is 0 Å². The van der Waals surface area contributed by atoms with Crippen molar-refractivity contribution in [3.8, 4) is 0 Å². The van der Waals surface area contributed by atoms with Gasteiger partial charge in [-0.3, -0.25) is 4.79 Å². The Balaban J connectivity index is 3.91. The topological polar surface area (TPSA) is 17.1 Å². The molecule has 0 saturated carbocycles. The average Bonchev–Trinajstić information content (AvgIpc) is 2.13. The van der Waals surface area contributed by atoms with E-state index in [1.165, 1.54) is 37.7 Å². The number of unbranched alkanes of at least 4 members (excludes halogenated alkanes) is 3. The highest BCUT2D eigenvalue weighted by molar-refractivity contribution is 5.87. The Bertz CT molecular complexity index is 180. The Kier molecular flexibility index (Phi) is 8.61. The molecule has 0 saturated heterocycles. The molecule has 0 fully saturated rings. The van der Waals surface area contributed by atoms with Crippen LogP contribution in [0.5, 0.6) is 0 Å². The number of rotatable bonds is 8. The number of hydrogen-bond acceptors (Lipinski definition) is 1. The molecule has 0 unspecified atom stereocenters. The molecule has 1 nitrogen and oxygen atoms in total. The summed E-state index contributed by atoms with van der Waals surface area (Å²) in [6, 6.07) is 0. The molecule has 0 bridgehead atoms. The van der Waals surface area contributed by atoms with E-state index in [2.05, 4.69) is 13.8 Å². The SMILES string of the molecule is CCCCC/C(=C/C(C)=O)CCCC.